The van der Waals surface area contributed by atoms with Crippen molar-refractivity contribution >= 4 is 39.3 Å². The first-order valence-electron chi connectivity index (χ1n) is 10.5. The molecule has 5 rings (SSSR count). The van der Waals surface area contributed by atoms with Crippen molar-refractivity contribution in [3.63, 3.8) is 0 Å². The number of para-hydroxylation sites is 1. The van der Waals surface area contributed by atoms with Gasteiger partial charge >= 0.3 is 5.97 Å². The minimum absolute atomic E-state index is 0.0232. The highest BCUT2D eigenvalue weighted by atomic mass is 32.2. The highest BCUT2D eigenvalue weighted by Gasteiger charge is 2.25. The van der Waals surface area contributed by atoms with Crippen molar-refractivity contribution in [2.45, 2.75) is 43.0 Å². The third-order valence-electron chi connectivity index (χ3n) is 5.67. The Labute approximate surface area is 193 Å². The highest BCUT2D eigenvalue weighted by Crippen LogP contribution is 2.39. The number of ether oxygens (including phenoxy) is 1. The molecule has 0 amide bonds. The van der Waals surface area contributed by atoms with Crippen LogP contribution in [0, 0.1) is 0 Å². The molecule has 0 saturated carbocycles. The van der Waals surface area contributed by atoms with E-state index in [9.17, 15) is 9.59 Å². The number of benzene rings is 1. The molecule has 8 heteroatoms. The first-order chi connectivity index (χ1) is 15.6. The molecule has 0 radical (unpaired) electrons. The fourth-order valence-corrected chi connectivity index (χ4v) is 6.37. The molecule has 1 aliphatic rings. The number of nitrogens with zero attached hydrogens (tertiary/aromatic N) is 2. The third kappa shape index (κ3) is 3.67. The monoisotopic (exact) mass is 466 g/mol. The predicted octanol–water partition coefficient (Wildman–Crippen LogP) is 5.56. The molecule has 1 aliphatic carbocycles. The average molecular weight is 467 g/mol. The van der Waals surface area contributed by atoms with E-state index in [1.165, 1.54) is 29.3 Å². The van der Waals surface area contributed by atoms with Gasteiger partial charge in [-0.1, -0.05) is 30.0 Å². The van der Waals surface area contributed by atoms with Gasteiger partial charge in [0, 0.05) is 4.88 Å². The summed E-state index contributed by atoms with van der Waals surface area (Å²) in [6.45, 7) is 1.97. The quantitative estimate of drug-likeness (QED) is 0.218. The van der Waals surface area contributed by atoms with Gasteiger partial charge < -0.3 is 9.15 Å². The molecule has 6 nitrogen and oxygen atoms in total. The summed E-state index contributed by atoms with van der Waals surface area (Å²) < 4.78 is 12.1. The zero-order chi connectivity index (χ0) is 22.2. The number of aryl methyl sites for hydroxylation is 2. The fraction of sp³-hybridized carbons (Fsp3) is 0.292. The number of hydrogen-bond acceptors (Lipinski definition) is 7. The summed E-state index contributed by atoms with van der Waals surface area (Å²) in [5, 5.41) is 1.20. The smallest absolute Gasteiger partial charge is 0.373 e. The zero-order valence-corrected chi connectivity index (χ0v) is 19.4. The first kappa shape index (κ1) is 21.0. The number of carbonyl (C=O) groups excluding carboxylic acids is 1. The minimum Gasteiger partial charge on any atom is -0.463 e. The maximum Gasteiger partial charge on any atom is 0.373 e. The summed E-state index contributed by atoms with van der Waals surface area (Å²) in [6, 6.07) is 13.0. The van der Waals surface area contributed by atoms with Crippen LogP contribution in [0.15, 0.2) is 56.8 Å². The Balaban J connectivity index is 1.62. The largest absolute Gasteiger partial charge is 0.463 e. The van der Waals surface area contributed by atoms with Crippen LogP contribution in [0.1, 0.15) is 51.8 Å². The van der Waals surface area contributed by atoms with Gasteiger partial charge in [0.05, 0.1) is 23.4 Å². The van der Waals surface area contributed by atoms with E-state index in [1.54, 1.807) is 28.0 Å². The van der Waals surface area contributed by atoms with Gasteiger partial charge in [-0.2, -0.15) is 0 Å². The van der Waals surface area contributed by atoms with Crippen LogP contribution in [-0.4, -0.2) is 22.6 Å². The second-order valence-corrected chi connectivity index (χ2v) is 10.1. The lowest BCUT2D eigenvalue weighted by Gasteiger charge is -2.15. The van der Waals surface area contributed by atoms with Gasteiger partial charge in [-0.3, -0.25) is 9.36 Å². The number of esters is 1. The van der Waals surface area contributed by atoms with Crippen LogP contribution >= 0.6 is 23.1 Å². The molecule has 3 heterocycles. The lowest BCUT2D eigenvalue weighted by Crippen LogP contribution is -2.22. The van der Waals surface area contributed by atoms with Crippen LogP contribution in [0.5, 0.6) is 0 Å². The fourth-order valence-electron chi connectivity index (χ4n) is 4.07. The number of furan rings is 1. The van der Waals surface area contributed by atoms with E-state index >= 15 is 0 Å². The van der Waals surface area contributed by atoms with Gasteiger partial charge in [-0.25, -0.2) is 9.78 Å². The topological polar surface area (TPSA) is 74.3 Å². The van der Waals surface area contributed by atoms with Crippen LogP contribution in [0.3, 0.4) is 0 Å². The van der Waals surface area contributed by atoms with Crippen LogP contribution in [0.4, 0.5) is 0 Å². The number of fused-ring (bicyclic) bond motifs is 3. The Morgan fingerprint density at radius 1 is 1.19 bits per heavy atom. The second kappa shape index (κ2) is 8.60. The molecule has 0 fully saturated rings. The Morgan fingerprint density at radius 3 is 2.75 bits per heavy atom. The van der Waals surface area contributed by atoms with Crippen LogP contribution in [0.2, 0.25) is 0 Å². The summed E-state index contributed by atoms with van der Waals surface area (Å²) in [4.78, 5) is 32.6. The average Bonchev–Trinajstić information content (AvgIpc) is 3.44. The minimum atomic E-state index is -0.515. The van der Waals surface area contributed by atoms with Crippen LogP contribution in [0.25, 0.3) is 15.9 Å². The molecule has 0 bridgehead atoms. The van der Waals surface area contributed by atoms with E-state index in [0.29, 0.717) is 10.9 Å². The molecule has 164 valence electrons. The summed E-state index contributed by atoms with van der Waals surface area (Å²) in [5.74, 6) is 0.262. The molecule has 0 saturated heterocycles. The lowest BCUT2D eigenvalue weighted by molar-refractivity contribution is 0.0563. The van der Waals surface area contributed by atoms with Crippen molar-refractivity contribution in [2.24, 2.45) is 0 Å². The van der Waals surface area contributed by atoms with Crippen LogP contribution < -0.4 is 5.56 Å². The molecular formula is C24H22N2O4S2. The summed E-state index contributed by atoms with van der Waals surface area (Å²) >= 11 is 3.08. The Hall–Kier alpha value is -2.84. The normalized spacial score (nSPS) is 14.3. The summed E-state index contributed by atoms with van der Waals surface area (Å²) in [5.41, 5.74) is 1.94. The van der Waals surface area contributed by atoms with E-state index in [2.05, 4.69) is 0 Å². The number of aromatic nitrogens is 2. The van der Waals surface area contributed by atoms with Gasteiger partial charge in [0.25, 0.3) is 5.56 Å². The molecule has 32 heavy (non-hydrogen) atoms. The Kier molecular flexibility index (Phi) is 5.65. The number of carbonyl (C=O) groups is 1. The summed E-state index contributed by atoms with van der Waals surface area (Å²) in [7, 11) is 1.32. The van der Waals surface area contributed by atoms with Crippen molar-refractivity contribution in [1.29, 1.82) is 0 Å². The molecule has 1 atom stereocenters. The van der Waals surface area contributed by atoms with Crippen molar-refractivity contribution < 1.29 is 13.9 Å². The third-order valence-corrected chi connectivity index (χ3v) is 7.92. The van der Waals surface area contributed by atoms with Gasteiger partial charge in [0.15, 0.2) is 5.16 Å². The molecule has 1 aromatic carbocycles. The predicted molar refractivity (Wildman–Crippen MR) is 126 cm³/mol. The Bertz CT molecular complexity index is 1350. The zero-order valence-electron chi connectivity index (χ0n) is 17.8. The number of rotatable bonds is 5. The number of thioether (sulfide) groups is 1. The lowest BCUT2D eigenvalue weighted by atomic mass is 9.97. The van der Waals surface area contributed by atoms with Gasteiger partial charge in [-0.05, 0) is 62.4 Å². The standard InChI is InChI=1S/C24H22N2O4S2/c1-14(17-12-13-18(30-17)23(28)29-2)31-24-25-21-20(16-10-6-7-11-19(16)32-21)22(27)26(24)15-8-4-3-5-9-15/h3-5,8-9,12-14H,6-7,10-11H2,1-2H3/t14-/m0/s1. The van der Waals surface area contributed by atoms with Gasteiger partial charge in [-0.15, -0.1) is 11.3 Å². The van der Waals surface area contributed by atoms with Crippen molar-refractivity contribution in [3.05, 3.63) is 74.8 Å². The van der Waals surface area contributed by atoms with Crippen molar-refractivity contribution in [2.75, 3.05) is 7.11 Å². The Morgan fingerprint density at radius 2 is 1.97 bits per heavy atom. The SMILES string of the molecule is COC(=O)c1ccc([C@H](C)Sc2nc3sc4c(c3c(=O)n2-c2ccccc2)CCCC4)o1. The molecule has 0 spiro atoms. The van der Waals surface area contributed by atoms with Gasteiger partial charge in [0.2, 0.25) is 5.76 Å². The molecule has 0 aliphatic heterocycles. The van der Waals surface area contributed by atoms with Crippen molar-refractivity contribution in [1.82, 2.24) is 9.55 Å². The van der Waals surface area contributed by atoms with Crippen molar-refractivity contribution in [3.8, 4) is 5.69 Å². The van der Waals surface area contributed by atoms with E-state index in [1.807, 2.05) is 37.3 Å². The maximum absolute atomic E-state index is 13.8. The molecule has 0 N–H and O–H groups in total. The van der Waals surface area contributed by atoms with E-state index in [-0.39, 0.29) is 16.6 Å². The van der Waals surface area contributed by atoms with E-state index in [4.69, 9.17) is 14.1 Å². The number of hydrogen-bond donors (Lipinski definition) is 0. The molecule has 4 aromatic rings. The molecular weight excluding hydrogens is 444 g/mol. The molecule has 0 unspecified atom stereocenters. The van der Waals surface area contributed by atoms with E-state index < -0.39 is 5.97 Å². The number of thiophene rings is 1. The second-order valence-electron chi connectivity index (χ2n) is 7.72. The van der Waals surface area contributed by atoms with Gasteiger partial charge in [0.1, 0.15) is 10.6 Å². The first-order valence-corrected chi connectivity index (χ1v) is 12.2. The maximum atomic E-state index is 13.8. The van der Waals surface area contributed by atoms with Crippen LogP contribution in [-0.2, 0) is 17.6 Å². The highest BCUT2D eigenvalue weighted by molar-refractivity contribution is 7.99. The summed E-state index contributed by atoms with van der Waals surface area (Å²) in [6.07, 6.45) is 4.22. The van der Waals surface area contributed by atoms with E-state index in [0.717, 1.165) is 41.6 Å². The molecule has 3 aromatic heterocycles. The number of methoxy groups -OCH3 is 1.